The summed E-state index contributed by atoms with van der Waals surface area (Å²) in [6, 6.07) is 12.1. The molecule has 4 rings (SSSR count). The highest BCUT2D eigenvalue weighted by molar-refractivity contribution is 7.09. The van der Waals surface area contributed by atoms with E-state index in [1.165, 1.54) is 5.56 Å². The molecule has 1 saturated heterocycles. The summed E-state index contributed by atoms with van der Waals surface area (Å²) in [5.74, 6) is 1.64. The summed E-state index contributed by atoms with van der Waals surface area (Å²) in [6.45, 7) is 4.27. The van der Waals surface area contributed by atoms with E-state index in [2.05, 4.69) is 32.7 Å². The van der Waals surface area contributed by atoms with Crippen LogP contribution in [0.25, 0.3) is 0 Å². The van der Waals surface area contributed by atoms with Gasteiger partial charge in [-0.25, -0.2) is 4.98 Å². The third kappa shape index (κ3) is 5.67. The maximum atomic E-state index is 5.85. The van der Waals surface area contributed by atoms with Crippen molar-refractivity contribution in [2.24, 2.45) is 0 Å². The van der Waals surface area contributed by atoms with E-state index in [-0.39, 0.29) is 12.4 Å². The molecular weight excluding hydrogens is 408 g/mol. The summed E-state index contributed by atoms with van der Waals surface area (Å²) >= 11 is 1.65. The Morgan fingerprint density at radius 1 is 1.14 bits per heavy atom. The fourth-order valence-corrected chi connectivity index (χ4v) is 4.06. The predicted molar refractivity (Wildman–Crippen MR) is 117 cm³/mol. The Hall–Kier alpha value is -2.19. The molecule has 1 unspecified atom stereocenters. The summed E-state index contributed by atoms with van der Waals surface area (Å²) < 4.78 is 11.0. The smallest absolute Gasteiger partial charge is 0.140 e. The van der Waals surface area contributed by atoms with E-state index in [0.29, 0.717) is 12.6 Å². The number of piperazine rings is 1. The van der Waals surface area contributed by atoms with Crippen molar-refractivity contribution < 1.29 is 9.47 Å². The molecule has 1 aliphatic heterocycles. The van der Waals surface area contributed by atoms with Gasteiger partial charge in [0.2, 0.25) is 0 Å². The van der Waals surface area contributed by atoms with Crippen molar-refractivity contribution in [2.45, 2.75) is 19.2 Å². The lowest BCUT2D eigenvalue weighted by Crippen LogP contribution is -2.45. The van der Waals surface area contributed by atoms with Gasteiger partial charge in [0.25, 0.3) is 0 Å². The second-order valence-electron chi connectivity index (χ2n) is 6.67. The lowest BCUT2D eigenvalue weighted by atomic mass is 10.0. The molecule has 0 saturated carbocycles. The molecule has 0 amide bonds. The Kier molecular flexibility index (Phi) is 7.83. The van der Waals surface area contributed by atoms with Crippen LogP contribution in [0, 0.1) is 0 Å². The molecule has 154 valence electrons. The molecule has 0 spiro atoms. The first-order valence-electron chi connectivity index (χ1n) is 9.36. The number of hydrogen-bond donors (Lipinski definition) is 1. The minimum absolute atomic E-state index is 0. The number of ether oxygens (including phenoxy) is 2. The highest BCUT2D eigenvalue weighted by Crippen LogP contribution is 2.25. The van der Waals surface area contributed by atoms with Crippen molar-refractivity contribution in [3.05, 3.63) is 70.4 Å². The summed E-state index contributed by atoms with van der Waals surface area (Å²) in [7, 11) is 1.66. The molecule has 8 heteroatoms. The van der Waals surface area contributed by atoms with Crippen molar-refractivity contribution in [3.8, 4) is 11.5 Å². The molecule has 0 aliphatic carbocycles. The zero-order valence-corrected chi connectivity index (χ0v) is 17.9. The number of nitrogens with zero attached hydrogens (tertiary/aromatic N) is 3. The average Bonchev–Trinajstić information content (AvgIpc) is 3.21. The van der Waals surface area contributed by atoms with Crippen LogP contribution in [-0.2, 0) is 13.2 Å². The van der Waals surface area contributed by atoms with E-state index in [0.717, 1.165) is 48.4 Å². The molecule has 29 heavy (non-hydrogen) atoms. The third-order valence-electron chi connectivity index (χ3n) is 4.83. The Labute approximate surface area is 181 Å². The van der Waals surface area contributed by atoms with Crippen LogP contribution in [0.2, 0.25) is 0 Å². The Morgan fingerprint density at radius 3 is 2.66 bits per heavy atom. The van der Waals surface area contributed by atoms with Crippen molar-refractivity contribution in [3.63, 3.8) is 0 Å². The van der Waals surface area contributed by atoms with Crippen LogP contribution in [0.5, 0.6) is 11.5 Å². The first-order chi connectivity index (χ1) is 13.8. The van der Waals surface area contributed by atoms with Gasteiger partial charge in [-0.1, -0.05) is 0 Å². The SMILES string of the molecule is COc1ccc(OCc2nc(CN3CCNCC3c3ccncc3)cs2)cc1.Cl. The summed E-state index contributed by atoms with van der Waals surface area (Å²) in [5, 5.41) is 6.62. The zero-order chi connectivity index (χ0) is 19.2. The first-order valence-corrected chi connectivity index (χ1v) is 10.2. The Bertz CT molecular complexity index is 876. The largest absolute Gasteiger partial charge is 0.497 e. The van der Waals surface area contributed by atoms with E-state index in [1.807, 2.05) is 36.7 Å². The van der Waals surface area contributed by atoms with Gasteiger partial charge in [0.05, 0.1) is 12.8 Å². The van der Waals surface area contributed by atoms with Crippen molar-refractivity contribution >= 4 is 23.7 Å². The number of methoxy groups -OCH3 is 1. The summed E-state index contributed by atoms with van der Waals surface area (Å²) in [5.41, 5.74) is 2.39. The maximum Gasteiger partial charge on any atom is 0.140 e. The van der Waals surface area contributed by atoms with Gasteiger partial charge in [-0.3, -0.25) is 9.88 Å². The van der Waals surface area contributed by atoms with Crippen molar-refractivity contribution in [2.75, 3.05) is 26.7 Å². The highest BCUT2D eigenvalue weighted by Gasteiger charge is 2.24. The first kappa shape index (κ1) is 21.5. The molecule has 0 bridgehead atoms. The third-order valence-corrected chi connectivity index (χ3v) is 5.70. The Balaban J connectivity index is 0.00000240. The van der Waals surface area contributed by atoms with E-state index in [1.54, 1.807) is 18.4 Å². The summed E-state index contributed by atoms with van der Waals surface area (Å²) in [4.78, 5) is 11.4. The molecule has 6 nitrogen and oxygen atoms in total. The van der Waals surface area contributed by atoms with Gasteiger partial charge >= 0.3 is 0 Å². The number of rotatable bonds is 7. The fourth-order valence-electron chi connectivity index (χ4n) is 3.36. The van der Waals surface area contributed by atoms with Crippen LogP contribution in [0.3, 0.4) is 0 Å². The monoisotopic (exact) mass is 432 g/mol. The molecule has 0 radical (unpaired) electrons. The van der Waals surface area contributed by atoms with Crippen molar-refractivity contribution in [1.29, 1.82) is 0 Å². The van der Waals surface area contributed by atoms with Crippen LogP contribution in [0.4, 0.5) is 0 Å². The second-order valence-corrected chi connectivity index (χ2v) is 7.61. The van der Waals surface area contributed by atoms with Gasteiger partial charge in [0.1, 0.15) is 23.1 Å². The van der Waals surface area contributed by atoms with Crippen LogP contribution in [0.1, 0.15) is 22.3 Å². The van der Waals surface area contributed by atoms with Crippen LogP contribution in [-0.4, -0.2) is 41.6 Å². The number of halogens is 1. The fraction of sp³-hybridized carbons (Fsp3) is 0.333. The van der Waals surface area contributed by atoms with Crippen molar-refractivity contribution in [1.82, 2.24) is 20.2 Å². The second kappa shape index (κ2) is 10.5. The topological polar surface area (TPSA) is 59.5 Å². The average molecular weight is 433 g/mol. The number of pyridine rings is 1. The highest BCUT2D eigenvalue weighted by atomic mass is 35.5. The van der Waals surface area contributed by atoms with E-state index < -0.39 is 0 Å². The molecule has 2 aromatic heterocycles. The number of hydrogen-bond acceptors (Lipinski definition) is 7. The quantitative estimate of drug-likeness (QED) is 0.614. The molecule has 1 fully saturated rings. The maximum absolute atomic E-state index is 5.85. The molecule has 1 atom stereocenters. The van der Waals surface area contributed by atoms with E-state index in [4.69, 9.17) is 14.5 Å². The van der Waals surface area contributed by atoms with Crippen LogP contribution < -0.4 is 14.8 Å². The number of nitrogens with one attached hydrogen (secondary N) is 1. The van der Waals surface area contributed by atoms with Gasteiger partial charge in [-0.05, 0) is 42.0 Å². The van der Waals surface area contributed by atoms with Crippen LogP contribution in [0.15, 0.2) is 54.2 Å². The minimum atomic E-state index is 0. The van der Waals surface area contributed by atoms with Gasteiger partial charge in [0.15, 0.2) is 0 Å². The molecule has 3 aromatic rings. The molecule has 1 N–H and O–H groups in total. The summed E-state index contributed by atoms with van der Waals surface area (Å²) in [6.07, 6.45) is 3.72. The lowest BCUT2D eigenvalue weighted by Gasteiger charge is -2.36. The number of benzene rings is 1. The van der Waals surface area contributed by atoms with Crippen LogP contribution >= 0.6 is 23.7 Å². The number of thiazole rings is 1. The number of aromatic nitrogens is 2. The lowest BCUT2D eigenvalue weighted by molar-refractivity contribution is 0.152. The van der Waals surface area contributed by atoms with Gasteiger partial charge in [-0.15, -0.1) is 23.7 Å². The van der Waals surface area contributed by atoms with E-state index in [9.17, 15) is 0 Å². The minimum Gasteiger partial charge on any atom is -0.497 e. The molecular formula is C21H25ClN4O2S. The molecule has 1 aliphatic rings. The van der Waals surface area contributed by atoms with E-state index >= 15 is 0 Å². The molecule has 1 aromatic carbocycles. The normalized spacial score (nSPS) is 16.8. The van der Waals surface area contributed by atoms with Gasteiger partial charge in [-0.2, -0.15) is 0 Å². The predicted octanol–water partition coefficient (Wildman–Crippen LogP) is 3.69. The standard InChI is InChI=1S/C21H24N4O2S.ClH/c1-26-18-2-4-19(5-3-18)27-14-21-24-17(15-28-21)13-25-11-10-23-12-20(25)16-6-8-22-9-7-16;/h2-9,15,20,23H,10-14H2,1H3;1H. The molecule has 3 heterocycles. The van der Waals surface area contributed by atoms with Gasteiger partial charge in [0, 0.05) is 50.0 Å². The Morgan fingerprint density at radius 2 is 1.90 bits per heavy atom. The van der Waals surface area contributed by atoms with Gasteiger partial charge < -0.3 is 14.8 Å². The zero-order valence-electron chi connectivity index (χ0n) is 16.3.